The van der Waals surface area contributed by atoms with Gasteiger partial charge in [0.05, 0.1) is 25.4 Å². The molecule has 428 valence electrons. The maximum absolute atomic E-state index is 13.0. The Balaban J connectivity index is 2.21. The minimum absolute atomic E-state index is 0.219. The molecule has 0 aromatic rings. The Hall–Kier alpha value is -2.63. The fourth-order valence-electron chi connectivity index (χ4n) is 9.38. The fourth-order valence-corrected chi connectivity index (χ4v) is 9.38. The van der Waals surface area contributed by atoms with Crippen molar-refractivity contribution in [3.63, 3.8) is 0 Å². The van der Waals surface area contributed by atoms with Crippen LogP contribution in [0.2, 0.25) is 0 Å². The van der Waals surface area contributed by atoms with Crippen LogP contribution in [0.5, 0.6) is 0 Å². The van der Waals surface area contributed by atoms with Gasteiger partial charge in [0.2, 0.25) is 5.91 Å². The Bertz CT molecular complexity index is 1440. The summed E-state index contributed by atoms with van der Waals surface area (Å²) in [5, 5.41) is 54.5. The number of hydrogen-bond acceptors (Lipinski definition) is 8. The molecule has 9 nitrogen and oxygen atoms in total. The van der Waals surface area contributed by atoms with Crippen LogP contribution in [0.15, 0.2) is 85.1 Å². The molecule has 1 amide bonds. The smallest absolute Gasteiger partial charge is 0.220 e. The number of carbonyl (C=O) groups is 1. The molecule has 9 heteroatoms. The second kappa shape index (κ2) is 53.8. The van der Waals surface area contributed by atoms with Gasteiger partial charge < -0.3 is 40.3 Å². The normalized spacial score (nSPS) is 19.6. The van der Waals surface area contributed by atoms with Crippen LogP contribution in [0.4, 0.5) is 0 Å². The van der Waals surface area contributed by atoms with Crippen LogP contribution in [0.1, 0.15) is 264 Å². The molecule has 0 bridgehead atoms. The van der Waals surface area contributed by atoms with Crippen molar-refractivity contribution in [1.82, 2.24) is 5.32 Å². The molecule has 1 heterocycles. The van der Waals surface area contributed by atoms with Crippen molar-refractivity contribution >= 4 is 5.91 Å². The number of aliphatic hydroxyl groups excluding tert-OH is 5. The van der Waals surface area contributed by atoms with Crippen molar-refractivity contribution in [2.45, 2.75) is 307 Å². The van der Waals surface area contributed by atoms with Crippen LogP contribution in [-0.4, -0.2) is 87.5 Å². The van der Waals surface area contributed by atoms with E-state index in [0.29, 0.717) is 12.8 Å². The fraction of sp³-hybridized carbons (Fsp3) is 0.769. The van der Waals surface area contributed by atoms with E-state index in [1.165, 1.54) is 167 Å². The maximum atomic E-state index is 13.0. The topological polar surface area (TPSA) is 149 Å². The van der Waals surface area contributed by atoms with E-state index in [0.717, 1.165) is 70.6 Å². The van der Waals surface area contributed by atoms with Gasteiger partial charge in [0.1, 0.15) is 24.4 Å². The van der Waals surface area contributed by atoms with Crippen LogP contribution < -0.4 is 5.32 Å². The zero-order chi connectivity index (χ0) is 53.6. The minimum atomic E-state index is -1.58. The molecule has 0 aromatic heterocycles. The average Bonchev–Trinajstić information content (AvgIpc) is 3.40. The van der Waals surface area contributed by atoms with E-state index in [1.807, 2.05) is 6.08 Å². The molecule has 74 heavy (non-hydrogen) atoms. The van der Waals surface area contributed by atoms with Gasteiger partial charge in [-0.15, -0.1) is 0 Å². The molecule has 1 saturated heterocycles. The Morgan fingerprint density at radius 2 is 0.851 bits per heavy atom. The van der Waals surface area contributed by atoms with E-state index in [9.17, 15) is 30.3 Å². The molecule has 1 aliphatic rings. The van der Waals surface area contributed by atoms with Gasteiger partial charge in [-0.1, -0.05) is 266 Å². The molecule has 0 radical (unpaired) electrons. The number of unbranched alkanes of at least 4 members (excludes halogenated alkanes) is 30. The quantitative estimate of drug-likeness (QED) is 0.0261. The largest absolute Gasteiger partial charge is 0.394 e. The molecule has 1 aliphatic heterocycles. The van der Waals surface area contributed by atoms with Crippen molar-refractivity contribution in [3.8, 4) is 0 Å². The Morgan fingerprint density at radius 3 is 1.30 bits per heavy atom. The Labute approximate surface area is 454 Å². The molecular weight excluding hydrogens is 923 g/mol. The first-order chi connectivity index (χ1) is 36.3. The zero-order valence-corrected chi connectivity index (χ0v) is 47.6. The number of carbonyl (C=O) groups excluding carboxylic acids is 1. The van der Waals surface area contributed by atoms with Gasteiger partial charge in [0.15, 0.2) is 6.29 Å². The molecule has 0 saturated carbocycles. The molecule has 1 fully saturated rings. The summed E-state index contributed by atoms with van der Waals surface area (Å²) in [5.74, 6) is -0.219. The lowest BCUT2D eigenvalue weighted by molar-refractivity contribution is -0.302. The number of allylic oxidation sites excluding steroid dienone is 13. The van der Waals surface area contributed by atoms with Crippen LogP contribution in [0.25, 0.3) is 0 Å². The first-order valence-electron chi connectivity index (χ1n) is 30.8. The van der Waals surface area contributed by atoms with Gasteiger partial charge >= 0.3 is 0 Å². The third-order valence-electron chi connectivity index (χ3n) is 14.2. The first kappa shape index (κ1) is 69.4. The SMILES string of the molecule is CC/C=C\C/C=C\C/C=C\C/C=C\C/C=C\CCCCCC(=O)NC(COC1OC(CO)C(O)C(O)C1O)C(O)/C=C/CC/C=C/CCCCCCCCCCCCCCCCCCCCCCCCCCCC. The molecule has 6 N–H and O–H groups in total. The second-order valence-corrected chi connectivity index (χ2v) is 21.1. The zero-order valence-electron chi connectivity index (χ0n) is 47.6. The number of hydrogen-bond donors (Lipinski definition) is 6. The molecule has 7 atom stereocenters. The van der Waals surface area contributed by atoms with E-state index in [-0.39, 0.29) is 12.5 Å². The minimum Gasteiger partial charge on any atom is -0.394 e. The Morgan fingerprint density at radius 1 is 0.473 bits per heavy atom. The number of aliphatic hydroxyl groups is 5. The van der Waals surface area contributed by atoms with Gasteiger partial charge in [-0.05, 0) is 77.0 Å². The summed E-state index contributed by atoms with van der Waals surface area (Å²) < 4.78 is 11.2. The van der Waals surface area contributed by atoms with Gasteiger partial charge in [-0.2, -0.15) is 0 Å². The molecule has 1 rings (SSSR count). The summed E-state index contributed by atoms with van der Waals surface area (Å²) in [4.78, 5) is 13.0. The van der Waals surface area contributed by atoms with Crippen molar-refractivity contribution in [2.75, 3.05) is 13.2 Å². The van der Waals surface area contributed by atoms with Crippen molar-refractivity contribution in [3.05, 3.63) is 85.1 Å². The predicted molar refractivity (Wildman–Crippen MR) is 313 cm³/mol. The Kier molecular flexibility index (Phi) is 50.4. The summed E-state index contributed by atoms with van der Waals surface area (Å²) in [7, 11) is 0. The molecular formula is C65H115NO8. The van der Waals surface area contributed by atoms with Crippen LogP contribution in [-0.2, 0) is 14.3 Å². The summed E-state index contributed by atoms with van der Waals surface area (Å²) in [6.07, 6.45) is 69.6. The molecule has 0 spiro atoms. The number of rotatable bonds is 52. The number of ether oxygens (including phenoxy) is 2. The van der Waals surface area contributed by atoms with Gasteiger partial charge in [0.25, 0.3) is 0 Å². The summed E-state index contributed by atoms with van der Waals surface area (Å²) in [6, 6.07) is -0.846. The van der Waals surface area contributed by atoms with Gasteiger partial charge in [0, 0.05) is 6.42 Å². The van der Waals surface area contributed by atoms with Crippen LogP contribution >= 0.6 is 0 Å². The lowest BCUT2D eigenvalue weighted by atomic mass is 9.99. The van der Waals surface area contributed by atoms with E-state index < -0.39 is 49.5 Å². The highest BCUT2D eigenvalue weighted by Crippen LogP contribution is 2.23. The molecule has 0 aliphatic carbocycles. The third-order valence-corrected chi connectivity index (χ3v) is 14.2. The van der Waals surface area contributed by atoms with Crippen LogP contribution in [0.3, 0.4) is 0 Å². The van der Waals surface area contributed by atoms with E-state index in [2.05, 4.69) is 92.1 Å². The maximum Gasteiger partial charge on any atom is 0.220 e. The van der Waals surface area contributed by atoms with E-state index in [4.69, 9.17) is 9.47 Å². The first-order valence-corrected chi connectivity index (χ1v) is 30.8. The average molecular weight is 1040 g/mol. The summed E-state index contributed by atoms with van der Waals surface area (Å²) >= 11 is 0. The highest BCUT2D eigenvalue weighted by molar-refractivity contribution is 5.76. The number of amides is 1. The van der Waals surface area contributed by atoms with Crippen molar-refractivity contribution < 1.29 is 39.8 Å². The predicted octanol–water partition coefficient (Wildman–Crippen LogP) is 15.8. The van der Waals surface area contributed by atoms with Crippen LogP contribution in [0, 0.1) is 0 Å². The lowest BCUT2D eigenvalue weighted by Crippen LogP contribution is -2.60. The van der Waals surface area contributed by atoms with Gasteiger partial charge in [-0.3, -0.25) is 4.79 Å². The van der Waals surface area contributed by atoms with Crippen molar-refractivity contribution in [2.24, 2.45) is 0 Å². The second-order valence-electron chi connectivity index (χ2n) is 21.1. The van der Waals surface area contributed by atoms with E-state index in [1.54, 1.807) is 6.08 Å². The third kappa shape index (κ3) is 42.5. The standard InChI is InChI=1S/C65H115NO8/c1-3-5-7-9-11-13-15-17-19-21-23-24-25-26-27-28-29-30-31-32-33-34-35-37-38-40-42-44-46-48-50-52-54-59(68)58(57-73-65-64(72)63(71)62(70)60(56-67)74-65)66-61(69)55-53-51-49-47-45-43-41-39-36-22-20-18-16-14-12-10-8-6-4-2/h6,8,12,14,18,20,36,39,43-46,52,54,58-60,62-65,67-68,70-72H,3-5,7,9-11,13,15-17,19,21-35,37-38,40-42,47-51,53,55-57H2,1-2H3,(H,66,69)/b8-6-,14-12-,20-18-,39-36-,45-43-,46-44+,54-52+. The monoisotopic (exact) mass is 1040 g/mol. The number of nitrogens with one attached hydrogen (secondary N) is 1. The van der Waals surface area contributed by atoms with Gasteiger partial charge in [-0.25, -0.2) is 0 Å². The molecule has 7 unspecified atom stereocenters. The van der Waals surface area contributed by atoms with E-state index >= 15 is 0 Å². The van der Waals surface area contributed by atoms with Crippen molar-refractivity contribution in [1.29, 1.82) is 0 Å². The highest BCUT2D eigenvalue weighted by atomic mass is 16.7. The lowest BCUT2D eigenvalue weighted by Gasteiger charge is -2.40. The summed E-state index contributed by atoms with van der Waals surface area (Å²) in [6.45, 7) is 3.64. The highest BCUT2D eigenvalue weighted by Gasteiger charge is 2.44. The molecule has 0 aromatic carbocycles. The summed E-state index contributed by atoms with van der Waals surface area (Å²) in [5.41, 5.74) is 0.